The summed E-state index contributed by atoms with van der Waals surface area (Å²) in [6, 6.07) is 5.98. The van der Waals surface area contributed by atoms with Gasteiger partial charge in [-0.3, -0.25) is 5.10 Å². The van der Waals surface area contributed by atoms with Crippen LogP contribution in [-0.4, -0.2) is 53.9 Å². The number of likely N-dealkylation sites (tertiary alicyclic amines) is 1. The van der Waals surface area contributed by atoms with Crippen LogP contribution in [-0.2, 0) is 9.84 Å². The molecule has 0 unspecified atom stereocenters. The molecule has 2 amide bonds. The molecule has 0 aliphatic carbocycles. The minimum atomic E-state index is -3.24. The van der Waals surface area contributed by atoms with Crippen molar-refractivity contribution in [2.75, 3.05) is 24.7 Å². The molecular formula is C16H21N5O3S. The number of carbonyl (C=O) groups excluding carboxylic acids is 1. The minimum Gasteiger partial charge on any atom is -0.324 e. The number of carbonyl (C=O) groups is 1. The van der Waals surface area contributed by atoms with E-state index >= 15 is 0 Å². The molecule has 1 saturated heterocycles. The first-order valence-corrected chi connectivity index (χ1v) is 9.97. The van der Waals surface area contributed by atoms with Crippen LogP contribution in [0.3, 0.4) is 0 Å². The molecule has 0 bridgehead atoms. The van der Waals surface area contributed by atoms with Gasteiger partial charge in [-0.05, 0) is 44.0 Å². The Morgan fingerprint density at radius 2 is 1.88 bits per heavy atom. The van der Waals surface area contributed by atoms with Crippen LogP contribution < -0.4 is 5.32 Å². The van der Waals surface area contributed by atoms with Crippen molar-refractivity contribution in [1.29, 1.82) is 0 Å². The Hall–Kier alpha value is -2.42. The number of benzene rings is 1. The highest BCUT2D eigenvalue weighted by Gasteiger charge is 2.26. The molecule has 0 saturated carbocycles. The number of anilines is 1. The molecule has 1 aliphatic heterocycles. The SMILES string of the molecule is Cc1nc(C2CCN(C(=O)Nc3ccc(S(C)(=O)=O)cc3)CC2)n[nH]1. The molecule has 25 heavy (non-hydrogen) atoms. The van der Waals surface area contributed by atoms with Gasteiger partial charge in [0.15, 0.2) is 15.7 Å². The highest BCUT2D eigenvalue weighted by molar-refractivity contribution is 7.90. The van der Waals surface area contributed by atoms with Crippen LogP contribution in [0.15, 0.2) is 29.2 Å². The summed E-state index contributed by atoms with van der Waals surface area (Å²) in [4.78, 5) is 18.7. The van der Waals surface area contributed by atoms with Crippen molar-refractivity contribution in [3.8, 4) is 0 Å². The fourth-order valence-electron chi connectivity index (χ4n) is 2.87. The second-order valence-corrected chi connectivity index (χ2v) is 8.28. The van der Waals surface area contributed by atoms with E-state index in [-0.39, 0.29) is 16.8 Å². The van der Waals surface area contributed by atoms with E-state index in [2.05, 4.69) is 20.5 Å². The van der Waals surface area contributed by atoms with Gasteiger partial charge in [-0.15, -0.1) is 0 Å². The van der Waals surface area contributed by atoms with Crippen molar-refractivity contribution in [3.05, 3.63) is 35.9 Å². The fourth-order valence-corrected chi connectivity index (χ4v) is 3.50. The van der Waals surface area contributed by atoms with E-state index in [1.807, 2.05) is 6.92 Å². The number of nitrogens with zero attached hydrogens (tertiary/aromatic N) is 3. The van der Waals surface area contributed by atoms with E-state index in [1.54, 1.807) is 17.0 Å². The largest absolute Gasteiger partial charge is 0.324 e. The summed E-state index contributed by atoms with van der Waals surface area (Å²) in [5.74, 6) is 1.88. The van der Waals surface area contributed by atoms with Crippen molar-refractivity contribution in [3.63, 3.8) is 0 Å². The molecule has 2 aromatic rings. The van der Waals surface area contributed by atoms with Gasteiger partial charge in [0, 0.05) is 31.0 Å². The number of piperidine rings is 1. The predicted molar refractivity (Wildman–Crippen MR) is 93.2 cm³/mol. The van der Waals surface area contributed by atoms with Gasteiger partial charge < -0.3 is 10.2 Å². The zero-order chi connectivity index (χ0) is 18.0. The maximum atomic E-state index is 12.4. The fraction of sp³-hybridized carbons (Fsp3) is 0.438. The Kier molecular flexibility index (Phi) is 4.76. The lowest BCUT2D eigenvalue weighted by Crippen LogP contribution is -2.40. The highest BCUT2D eigenvalue weighted by atomic mass is 32.2. The molecule has 0 atom stereocenters. The third kappa shape index (κ3) is 4.16. The van der Waals surface area contributed by atoms with Crippen molar-refractivity contribution >= 4 is 21.6 Å². The van der Waals surface area contributed by atoms with Crippen LogP contribution >= 0.6 is 0 Å². The summed E-state index contributed by atoms with van der Waals surface area (Å²) >= 11 is 0. The quantitative estimate of drug-likeness (QED) is 0.866. The van der Waals surface area contributed by atoms with Gasteiger partial charge in [0.05, 0.1) is 4.90 Å². The van der Waals surface area contributed by atoms with E-state index in [9.17, 15) is 13.2 Å². The summed E-state index contributed by atoms with van der Waals surface area (Å²) in [7, 11) is -3.24. The normalized spacial score (nSPS) is 16.0. The molecule has 134 valence electrons. The molecule has 2 N–H and O–H groups in total. The smallest absolute Gasteiger partial charge is 0.321 e. The molecule has 0 spiro atoms. The number of sulfone groups is 1. The Labute approximate surface area is 146 Å². The van der Waals surface area contributed by atoms with E-state index in [4.69, 9.17) is 0 Å². The number of hydrogen-bond acceptors (Lipinski definition) is 5. The summed E-state index contributed by atoms with van der Waals surface area (Å²) < 4.78 is 22.9. The average molecular weight is 363 g/mol. The minimum absolute atomic E-state index is 0.184. The second-order valence-electron chi connectivity index (χ2n) is 6.27. The molecule has 9 heteroatoms. The number of H-pyrrole nitrogens is 1. The van der Waals surface area contributed by atoms with Crippen LogP contribution in [0.5, 0.6) is 0 Å². The lowest BCUT2D eigenvalue weighted by Gasteiger charge is -2.30. The molecule has 1 aromatic carbocycles. The lowest BCUT2D eigenvalue weighted by atomic mass is 9.96. The third-order valence-corrected chi connectivity index (χ3v) is 5.42. The number of aromatic amines is 1. The average Bonchev–Trinajstić information content (AvgIpc) is 3.01. The van der Waals surface area contributed by atoms with E-state index in [1.165, 1.54) is 12.1 Å². The van der Waals surface area contributed by atoms with Gasteiger partial charge in [-0.25, -0.2) is 18.2 Å². The molecule has 1 fully saturated rings. The van der Waals surface area contributed by atoms with Crippen LogP contribution in [0, 0.1) is 6.92 Å². The van der Waals surface area contributed by atoms with Crippen molar-refractivity contribution in [1.82, 2.24) is 20.1 Å². The summed E-state index contributed by atoms with van der Waals surface area (Å²) in [6.07, 6.45) is 2.79. The van der Waals surface area contributed by atoms with Crippen molar-refractivity contribution in [2.24, 2.45) is 0 Å². The second kappa shape index (κ2) is 6.83. The van der Waals surface area contributed by atoms with Gasteiger partial charge in [-0.2, -0.15) is 5.10 Å². The molecule has 3 rings (SSSR count). The number of aryl methyl sites for hydroxylation is 1. The topological polar surface area (TPSA) is 108 Å². The number of hydrogen-bond donors (Lipinski definition) is 2. The maximum Gasteiger partial charge on any atom is 0.321 e. The van der Waals surface area contributed by atoms with Gasteiger partial charge in [0.2, 0.25) is 0 Å². The number of amides is 2. The van der Waals surface area contributed by atoms with Gasteiger partial charge >= 0.3 is 6.03 Å². The molecule has 1 aliphatic rings. The maximum absolute atomic E-state index is 12.4. The highest BCUT2D eigenvalue weighted by Crippen LogP contribution is 2.25. The zero-order valence-corrected chi connectivity index (χ0v) is 15.0. The summed E-state index contributed by atoms with van der Waals surface area (Å²) in [6.45, 7) is 3.13. The van der Waals surface area contributed by atoms with Crippen molar-refractivity contribution in [2.45, 2.75) is 30.6 Å². The third-order valence-electron chi connectivity index (χ3n) is 4.30. The predicted octanol–water partition coefficient (Wildman–Crippen LogP) is 1.93. The Balaban J connectivity index is 1.56. The van der Waals surface area contributed by atoms with E-state index in [0.29, 0.717) is 18.8 Å². The van der Waals surface area contributed by atoms with Crippen LogP contribution in [0.1, 0.15) is 30.4 Å². The first-order chi connectivity index (χ1) is 11.8. The van der Waals surface area contributed by atoms with Crippen LogP contribution in [0.2, 0.25) is 0 Å². The van der Waals surface area contributed by atoms with Crippen LogP contribution in [0.4, 0.5) is 10.5 Å². The van der Waals surface area contributed by atoms with Gasteiger partial charge in [0.1, 0.15) is 5.82 Å². The monoisotopic (exact) mass is 363 g/mol. The number of urea groups is 1. The molecule has 2 heterocycles. The molecule has 0 radical (unpaired) electrons. The standard InChI is InChI=1S/C16H21N5O3S/c1-11-17-15(20-19-11)12-7-9-21(10-8-12)16(22)18-13-3-5-14(6-4-13)25(2,23)24/h3-6,12H,7-10H2,1-2H3,(H,18,22)(H,17,19,20). The summed E-state index contributed by atoms with van der Waals surface area (Å²) in [5.41, 5.74) is 0.573. The first-order valence-electron chi connectivity index (χ1n) is 8.08. The van der Waals surface area contributed by atoms with Crippen molar-refractivity contribution < 1.29 is 13.2 Å². The van der Waals surface area contributed by atoms with E-state index in [0.717, 1.165) is 30.7 Å². The number of nitrogens with one attached hydrogen (secondary N) is 2. The lowest BCUT2D eigenvalue weighted by molar-refractivity contribution is 0.193. The Bertz CT molecular complexity index is 852. The Morgan fingerprint density at radius 1 is 1.24 bits per heavy atom. The number of aromatic nitrogens is 3. The summed E-state index contributed by atoms with van der Waals surface area (Å²) in [5, 5.41) is 9.86. The molecule has 1 aromatic heterocycles. The van der Waals surface area contributed by atoms with Gasteiger partial charge in [0.25, 0.3) is 0 Å². The molecular weight excluding hydrogens is 342 g/mol. The van der Waals surface area contributed by atoms with Crippen LogP contribution in [0.25, 0.3) is 0 Å². The number of rotatable bonds is 3. The first kappa shape index (κ1) is 17.4. The molecule has 8 nitrogen and oxygen atoms in total. The van der Waals surface area contributed by atoms with Gasteiger partial charge in [-0.1, -0.05) is 0 Å². The zero-order valence-electron chi connectivity index (χ0n) is 14.2. The Morgan fingerprint density at radius 3 is 2.40 bits per heavy atom. The van der Waals surface area contributed by atoms with E-state index < -0.39 is 9.84 Å².